The minimum absolute atomic E-state index is 0.0608. The van der Waals surface area contributed by atoms with Crippen LogP contribution >= 0.6 is 11.8 Å². The SMILES string of the molecule is CCc1cnc(SCC(=O)O)n1CC1(CCOC)CC1. The molecule has 1 aromatic heterocycles. The summed E-state index contributed by atoms with van der Waals surface area (Å²) in [5.74, 6) is -0.742. The number of carbonyl (C=O) groups is 1. The van der Waals surface area contributed by atoms with Crippen molar-refractivity contribution in [2.24, 2.45) is 5.41 Å². The van der Waals surface area contributed by atoms with Gasteiger partial charge >= 0.3 is 5.97 Å². The molecule has 1 aliphatic carbocycles. The normalized spacial score (nSPS) is 16.3. The zero-order valence-electron chi connectivity index (χ0n) is 12.1. The van der Waals surface area contributed by atoms with Crippen LogP contribution in [0.3, 0.4) is 0 Å². The van der Waals surface area contributed by atoms with E-state index < -0.39 is 5.97 Å². The van der Waals surface area contributed by atoms with Gasteiger partial charge in [0, 0.05) is 32.2 Å². The highest BCUT2D eigenvalue weighted by molar-refractivity contribution is 7.99. The maximum absolute atomic E-state index is 10.7. The number of thioether (sulfide) groups is 1. The van der Waals surface area contributed by atoms with E-state index >= 15 is 0 Å². The number of carboxylic acids is 1. The molecule has 2 rings (SSSR count). The van der Waals surface area contributed by atoms with E-state index in [0.29, 0.717) is 5.41 Å². The Labute approximate surface area is 123 Å². The minimum atomic E-state index is -0.803. The second-order valence-electron chi connectivity index (χ2n) is 5.40. The molecule has 0 amide bonds. The molecule has 0 atom stereocenters. The van der Waals surface area contributed by atoms with Crippen molar-refractivity contribution in [2.45, 2.75) is 44.3 Å². The molecule has 1 aliphatic rings. The zero-order chi connectivity index (χ0) is 14.6. The third kappa shape index (κ3) is 3.76. The summed E-state index contributed by atoms with van der Waals surface area (Å²) in [6.45, 7) is 3.82. The number of aryl methyl sites for hydroxylation is 1. The maximum Gasteiger partial charge on any atom is 0.313 e. The summed E-state index contributed by atoms with van der Waals surface area (Å²) in [6.07, 6.45) is 6.30. The molecular weight excluding hydrogens is 276 g/mol. The van der Waals surface area contributed by atoms with E-state index in [1.54, 1.807) is 7.11 Å². The van der Waals surface area contributed by atoms with Crippen molar-refractivity contribution < 1.29 is 14.6 Å². The second-order valence-corrected chi connectivity index (χ2v) is 6.34. The van der Waals surface area contributed by atoms with Gasteiger partial charge in [0.2, 0.25) is 0 Å². The van der Waals surface area contributed by atoms with E-state index in [0.717, 1.165) is 31.1 Å². The van der Waals surface area contributed by atoms with E-state index in [-0.39, 0.29) is 5.75 Å². The fourth-order valence-electron chi connectivity index (χ4n) is 2.40. The van der Waals surface area contributed by atoms with Crippen LogP contribution in [0.5, 0.6) is 0 Å². The number of hydrogen-bond donors (Lipinski definition) is 1. The first-order valence-corrected chi connectivity index (χ1v) is 7.97. The molecule has 1 aromatic rings. The predicted octanol–water partition coefficient (Wildman–Crippen LogP) is 2.44. The van der Waals surface area contributed by atoms with E-state index in [4.69, 9.17) is 9.84 Å². The van der Waals surface area contributed by atoms with Gasteiger partial charge in [-0.2, -0.15) is 0 Å². The minimum Gasteiger partial charge on any atom is -0.481 e. The lowest BCUT2D eigenvalue weighted by Crippen LogP contribution is -2.17. The van der Waals surface area contributed by atoms with Crippen LogP contribution in [0.1, 0.15) is 31.9 Å². The topological polar surface area (TPSA) is 64.3 Å². The van der Waals surface area contributed by atoms with Gasteiger partial charge in [-0.1, -0.05) is 18.7 Å². The highest BCUT2D eigenvalue weighted by atomic mass is 32.2. The average Bonchev–Trinajstić information content (AvgIpc) is 3.08. The molecule has 0 bridgehead atoms. The van der Waals surface area contributed by atoms with Gasteiger partial charge in [0.15, 0.2) is 5.16 Å². The molecular formula is C14H22N2O3S. The molecule has 112 valence electrons. The summed E-state index contributed by atoms with van der Waals surface area (Å²) in [4.78, 5) is 15.1. The molecule has 5 nitrogen and oxygen atoms in total. The number of methoxy groups -OCH3 is 1. The smallest absolute Gasteiger partial charge is 0.313 e. The van der Waals surface area contributed by atoms with Crippen LogP contribution in [-0.2, 0) is 22.5 Å². The van der Waals surface area contributed by atoms with Crippen LogP contribution in [0.2, 0.25) is 0 Å². The Hall–Kier alpha value is -1.01. The number of nitrogens with zero attached hydrogens (tertiary/aromatic N) is 2. The summed E-state index contributed by atoms with van der Waals surface area (Å²) in [7, 11) is 1.74. The molecule has 1 N–H and O–H groups in total. The first kappa shape index (κ1) is 15.4. The first-order valence-electron chi connectivity index (χ1n) is 6.98. The number of aromatic nitrogens is 2. The first-order chi connectivity index (χ1) is 9.60. The van der Waals surface area contributed by atoms with Gasteiger partial charge in [-0.15, -0.1) is 0 Å². The lowest BCUT2D eigenvalue weighted by molar-refractivity contribution is -0.133. The highest BCUT2D eigenvalue weighted by Crippen LogP contribution is 2.50. The van der Waals surface area contributed by atoms with Crippen molar-refractivity contribution in [1.29, 1.82) is 0 Å². The highest BCUT2D eigenvalue weighted by Gasteiger charge is 2.43. The van der Waals surface area contributed by atoms with Gasteiger partial charge in [-0.25, -0.2) is 4.98 Å². The van der Waals surface area contributed by atoms with Crippen molar-refractivity contribution in [3.05, 3.63) is 11.9 Å². The van der Waals surface area contributed by atoms with Crippen LogP contribution in [0, 0.1) is 5.41 Å². The van der Waals surface area contributed by atoms with Gasteiger partial charge in [-0.05, 0) is 31.1 Å². The van der Waals surface area contributed by atoms with Crippen LogP contribution in [-0.4, -0.2) is 40.1 Å². The van der Waals surface area contributed by atoms with Crippen molar-refractivity contribution in [2.75, 3.05) is 19.5 Å². The van der Waals surface area contributed by atoms with Gasteiger partial charge in [0.1, 0.15) is 0 Å². The van der Waals surface area contributed by atoms with E-state index in [9.17, 15) is 4.79 Å². The Morgan fingerprint density at radius 3 is 2.90 bits per heavy atom. The summed E-state index contributed by atoms with van der Waals surface area (Å²) >= 11 is 1.30. The standard InChI is InChI=1S/C14H22N2O3S/c1-3-11-8-15-13(20-9-12(17)18)16(11)10-14(4-5-14)6-7-19-2/h8H,3-7,9-10H2,1-2H3,(H,17,18). The number of rotatable bonds is 9. The molecule has 1 heterocycles. The van der Waals surface area contributed by atoms with Crippen LogP contribution in [0.15, 0.2) is 11.4 Å². The van der Waals surface area contributed by atoms with Gasteiger partial charge in [-0.3, -0.25) is 4.79 Å². The van der Waals surface area contributed by atoms with E-state index in [2.05, 4.69) is 16.5 Å². The molecule has 0 aromatic carbocycles. The average molecular weight is 298 g/mol. The number of hydrogen-bond acceptors (Lipinski definition) is 4. The Morgan fingerprint density at radius 1 is 1.60 bits per heavy atom. The molecule has 20 heavy (non-hydrogen) atoms. The molecule has 6 heteroatoms. The largest absolute Gasteiger partial charge is 0.481 e. The maximum atomic E-state index is 10.7. The van der Waals surface area contributed by atoms with Crippen LogP contribution in [0.4, 0.5) is 0 Å². The lowest BCUT2D eigenvalue weighted by Gasteiger charge is -2.19. The molecule has 1 fully saturated rings. The van der Waals surface area contributed by atoms with Crippen LogP contribution in [0.25, 0.3) is 0 Å². The molecule has 1 saturated carbocycles. The number of ether oxygens (including phenoxy) is 1. The lowest BCUT2D eigenvalue weighted by atomic mass is 10.0. The van der Waals surface area contributed by atoms with Crippen molar-refractivity contribution in [3.8, 4) is 0 Å². The second kappa shape index (κ2) is 6.63. The van der Waals surface area contributed by atoms with Crippen molar-refractivity contribution in [3.63, 3.8) is 0 Å². The fraction of sp³-hybridized carbons (Fsp3) is 0.714. The monoisotopic (exact) mass is 298 g/mol. The summed E-state index contributed by atoms with van der Waals surface area (Å²) in [6, 6.07) is 0. The van der Waals surface area contributed by atoms with Gasteiger partial charge in [0.05, 0.1) is 5.75 Å². The van der Waals surface area contributed by atoms with Crippen molar-refractivity contribution >= 4 is 17.7 Å². The third-order valence-electron chi connectivity index (χ3n) is 3.88. The van der Waals surface area contributed by atoms with Crippen LogP contribution < -0.4 is 0 Å². The zero-order valence-corrected chi connectivity index (χ0v) is 12.9. The summed E-state index contributed by atoms with van der Waals surface area (Å²) in [5.41, 5.74) is 1.51. The molecule has 0 unspecified atom stereocenters. The molecule has 0 spiro atoms. The van der Waals surface area contributed by atoms with Gasteiger partial charge in [0.25, 0.3) is 0 Å². The third-order valence-corrected chi connectivity index (χ3v) is 4.85. The Morgan fingerprint density at radius 2 is 2.35 bits per heavy atom. The number of imidazole rings is 1. The van der Waals surface area contributed by atoms with E-state index in [1.165, 1.54) is 30.3 Å². The molecule has 0 aliphatic heterocycles. The summed E-state index contributed by atoms with van der Waals surface area (Å²) in [5, 5.41) is 9.64. The number of carboxylic acid groups (broad SMARTS) is 1. The van der Waals surface area contributed by atoms with Crippen molar-refractivity contribution in [1.82, 2.24) is 9.55 Å². The Balaban J connectivity index is 2.08. The van der Waals surface area contributed by atoms with E-state index in [1.807, 2.05) is 6.20 Å². The number of aliphatic carboxylic acids is 1. The quantitative estimate of drug-likeness (QED) is 0.709. The Kier molecular flexibility index (Phi) is 5.10. The van der Waals surface area contributed by atoms with Gasteiger partial charge < -0.3 is 14.4 Å². The predicted molar refractivity (Wildman–Crippen MR) is 78.1 cm³/mol. The fourth-order valence-corrected chi connectivity index (χ4v) is 3.12. The summed E-state index contributed by atoms with van der Waals surface area (Å²) < 4.78 is 7.40. The molecule has 0 radical (unpaired) electrons. The molecule has 0 saturated heterocycles. The Bertz CT molecular complexity index is 469.